The highest BCUT2D eigenvalue weighted by molar-refractivity contribution is 7.00. The lowest BCUT2D eigenvalue weighted by molar-refractivity contribution is 0.0593. The summed E-state index contributed by atoms with van der Waals surface area (Å²) >= 11 is 7.26. The Labute approximate surface area is 128 Å². The number of nitrogens with zero attached hydrogens (tertiary/aromatic N) is 4. The lowest BCUT2D eigenvalue weighted by Crippen LogP contribution is -2.07. The highest BCUT2D eigenvalue weighted by Gasteiger charge is 2.13. The molecule has 3 rings (SSSR count). The van der Waals surface area contributed by atoms with Crippen molar-refractivity contribution < 1.29 is 9.53 Å². The van der Waals surface area contributed by atoms with Crippen LogP contribution in [-0.2, 0) is 4.74 Å². The van der Waals surface area contributed by atoms with Crippen molar-refractivity contribution in [2.24, 2.45) is 0 Å². The summed E-state index contributed by atoms with van der Waals surface area (Å²) in [7, 11) is 1.28. The second-order valence-corrected chi connectivity index (χ2v) is 4.90. The standard InChI is InChI=1S/C12H8ClN5O2S/c1-20-12(19)8-4-14-5-9(15-8)16-10-6(13)2-3-7-11(10)18-21-17-7/h2-5H,1H3,(H,15,16). The molecule has 0 unspecified atom stereocenters. The Morgan fingerprint density at radius 1 is 1.33 bits per heavy atom. The summed E-state index contributed by atoms with van der Waals surface area (Å²) in [4.78, 5) is 19.5. The number of nitrogens with one attached hydrogen (secondary N) is 1. The van der Waals surface area contributed by atoms with Crippen LogP contribution in [0.1, 0.15) is 10.5 Å². The SMILES string of the molecule is COC(=O)c1cncc(Nc2c(Cl)ccc3nsnc23)n1. The van der Waals surface area contributed by atoms with Gasteiger partial charge in [0.15, 0.2) is 5.69 Å². The predicted molar refractivity (Wildman–Crippen MR) is 79.1 cm³/mol. The molecule has 0 saturated heterocycles. The number of esters is 1. The van der Waals surface area contributed by atoms with Gasteiger partial charge in [0.25, 0.3) is 0 Å². The highest BCUT2D eigenvalue weighted by atomic mass is 35.5. The zero-order valence-corrected chi connectivity index (χ0v) is 12.3. The van der Waals surface area contributed by atoms with Gasteiger partial charge in [0.1, 0.15) is 16.9 Å². The van der Waals surface area contributed by atoms with E-state index < -0.39 is 5.97 Å². The number of aromatic nitrogens is 4. The minimum atomic E-state index is -0.564. The first-order chi connectivity index (χ1) is 10.2. The fourth-order valence-corrected chi connectivity index (χ4v) is 2.45. The number of rotatable bonds is 3. The van der Waals surface area contributed by atoms with E-state index in [9.17, 15) is 4.79 Å². The Balaban J connectivity index is 2.01. The van der Waals surface area contributed by atoms with Crippen molar-refractivity contribution in [3.63, 3.8) is 0 Å². The molecule has 0 bridgehead atoms. The molecule has 1 aromatic carbocycles. The van der Waals surface area contributed by atoms with E-state index in [0.29, 0.717) is 22.0 Å². The minimum absolute atomic E-state index is 0.0993. The topological polar surface area (TPSA) is 89.9 Å². The summed E-state index contributed by atoms with van der Waals surface area (Å²) < 4.78 is 12.9. The first-order valence-electron chi connectivity index (χ1n) is 5.77. The molecule has 0 aliphatic rings. The van der Waals surface area contributed by atoms with Gasteiger partial charge in [0.05, 0.1) is 41.9 Å². The normalized spacial score (nSPS) is 10.6. The summed E-state index contributed by atoms with van der Waals surface area (Å²) in [6, 6.07) is 3.49. The van der Waals surface area contributed by atoms with E-state index in [1.54, 1.807) is 12.1 Å². The smallest absolute Gasteiger partial charge is 0.358 e. The van der Waals surface area contributed by atoms with Gasteiger partial charge in [-0.15, -0.1) is 0 Å². The Morgan fingerprint density at radius 2 is 2.19 bits per heavy atom. The largest absolute Gasteiger partial charge is 0.464 e. The van der Waals surface area contributed by atoms with E-state index in [1.807, 2.05) is 0 Å². The summed E-state index contributed by atoms with van der Waals surface area (Å²) in [5.41, 5.74) is 2.03. The summed E-state index contributed by atoms with van der Waals surface area (Å²) in [6.45, 7) is 0. The van der Waals surface area contributed by atoms with E-state index in [0.717, 1.165) is 17.2 Å². The molecule has 0 atom stereocenters. The van der Waals surface area contributed by atoms with Crippen LogP contribution in [0.3, 0.4) is 0 Å². The number of hydrogen-bond acceptors (Lipinski definition) is 8. The molecule has 1 N–H and O–H groups in total. The van der Waals surface area contributed by atoms with Crippen molar-refractivity contribution in [3.8, 4) is 0 Å². The van der Waals surface area contributed by atoms with Crippen molar-refractivity contribution in [1.82, 2.24) is 18.7 Å². The van der Waals surface area contributed by atoms with E-state index in [2.05, 4.69) is 28.8 Å². The number of methoxy groups -OCH3 is 1. The average molecular weight is 322 g/mol. The van der Waals surface area contributed by atoms with Crippen LogP contribution >= 0.6 is 23.3 Å². The number of fused-ring (bicyclic) bond motifs is 1. The van der Waals surface area contributed by atoms with Gasteiger partial charge in [-0.1, -0.05) is 11.6 Å². The van der Waals surface area contributed by atoms with Gasteiger partial charge < -0.3 is 10.1 Å². The molecule has 0 fully saturated rings. The number of carbonyl (C=O) groups is 1. The Hall–Kier alpha value is -2.32. The number of anilines is 2. The zero-order chi connectivity index (χ0) is 14.8. The van der Waals surface area contributed by atoms with Gasteiger partial charge in [0.2, 0.25) is 0 Å². The lowest BCUT2D eigenvalue weighted by Gasteiger charge is -2.08. The maximum absolute atomic E-state index is 11.5. The fourth-order valence-electron chi connectivity index (χ4n) is 1.70. The molecule has 0 aliphatic carbocycles. The minimum Gasteiger partial charge on any atom is -0.464 e. The molecule has 9 heteroatoms. The van der Waals surface area contributed by atoms with E-state index in [1.165, 1.54) is 19.5 Å². The Morgan fingerprint density at radius 3 is 3.00 bits per heavy atom. The molecule has 0 aliphatic heterocycles. The van der Waals surface area contributed by atoms with E-state index in [4.69, 9.17) is 11.6 Å². The third-order valence-corrected chi connectivity index (χ3v) is 3.52. The van der Waals surface area contributed by atoms with Crippen molar-refractivity contribution in [2.75, 3.05) is 12.4 Å². The number of benzene rings is 1. The summed E-state index contributed by atoms with van der Waals surface area (Å²) in [5, 5.41) is 3.48. The molecule has 7 nitrogen and oxygen atoms in total. The first-order valence-corrected chi connectivity index (χ1v) is 6.88. The molecule has 0 spiro atoms. The van der Waals surface area contributed by atoms with Crippen molar-refractivity contribution >= 4 is 51.8 Å². The molecule has 21 heavy (non-hydrogen) atoms. The second kappa shape index (κ2) is 5.58. The Kier molecular flexibility index (Phi) is 3.63. The predicted octanol–water partition coefficient (Wildman–Crippen LogP) is 2.66. The van der Waals surface area contributed by atoms with Crippen LogP contribution in [0.4, 0.5) is 11.5 Å². The quantitative estimate of drug-likeness (QED) is 0.741. The molecule has 0 saturated carbocycles. The van der Waals surface area contributed by atoms with Crippen LogP contribution in [0.5, 0.6) is 0 Å². The molecule has 2 aromatic heterocycles. The molecule has 2 heterocycles. The molecule has 0 amide bonds. The van der Waals surface area contributed by atoms with Gasteiger partial charge in [-0.3, -0.25) is 4.98 Å². The van der Waals surface area contributed by atoms with Gasteiger partial charge in [-0.25, -0.2) is 9.78 Å². The molecular formula is C12H8ClN5O2S. The third-order valence-electron chi connectivity index (χ3n) is 2.66. The number of halogens is 1. The summed E-state index contributed by atoms with van der Waals surface area (Å²) in [6.07, 6.45) is 2.80. The molecular weight excluding hydrogens is 314 g/mol. The second-order valence-electron chi connectivity index (χ2n) is 3.96. The van der Waals surface area contributed by atoms with Crippen LogP contribution in [0.15, 0.2) is 24.5 Å². The van der Waals surface area contributed by atoms with Crippen LogP contribution < -0.4 is 5.32 Å². The third kappa shape index (κ3) is 2.63. The fraction of sp³-hybridized carbons (Fsp3) is 0.0833. The number of carbonyl (C=O) groups excluding carboxylic acids is 1. The Bertz CT molecular complexity index is 822. The molecule has 106 valence electrons. The van der Waals surface area contributed by atoms with Crippen molar-refractivity contribution in [1.29, 1.82) is 0 Å². The van der Waals surface area contributed by atoms with Crippen LogP contribution in [-0.4, -0.2) is 31.8 Å². The van der Waals surface area contributed by atoms with Gasteiger partial charge in [0, 0.05) is 0 Å². The maximum Gasteiger partial charge on any atom is 0.358 e. The van der Waals surface area contributed by atoms with E-state index in [-0.39, 0.29) is 5.69 Å². The summed E-state index contributed by atoms with van der Waals surface area (Å²) in [5.74, 6) is -0.203. The number of ether oxygens (including phenoxy) is 1. The maximum atomic E-state index is 11.5. The van der Waals surface area contributed by atoms with E-state index >= 15 is 0 Å². The number of hydrogen-bond donors (Lipinski definition) is 1. The van der Waals surface area contributed by atoms with Gasteiger partial charge in [-0.05, 0) is 12.1 Å². The van der Waals surface area contributed by atoms with Crippen LogP contribution in [0, 0.1) is 0 Å². The zero-order valence-electron chi connectivity index (χ0n) is 10.7. The monoisotopic (exact) mass is 321 g/mol. The molecule has 3 aromatic rings. The van der Waals surface area contributed by atoms with Gasteiger partial charge >= 0.3 is 5.97 Å². The molecule has 0 radical (unpaired) electrons. The van der Waals surface area contributed by atoms with Crippen molar-refractivity contribution in [2.45, 2.75) is 0 Å². The van der Waals surface area contributed by atoms with Crippen LogP contribution in [0.25, 0.3) is 11.0 Å². The lowest BCUT2D eigenvalue weighted by atomic mass is 10.2. The highest BCUT2D eigenvalue weighted by Crippen LogP contribution is 2.31. The first kappa shape index (κ1) is 13.7. The van der Waals surface area contributed by atoms with Gasteiger partial charge in [-0.2, -0.15) is 8.75 Å². The van der Waals surface area contributed by atoms with Crippen molar-refractivity contribution in [3.05, 3.63) is 35.2 Å². The average Bonchev–Trinajstić information content (AvgIpc) is 2.98. The van der Waals surface area contributed by atoms with Crippen LogP contribution in [0.2, 0.25) is 5.02 Å².